The van der Waals surface area contributed by atoms with Crippen molar-refractivity contribution in [3.8, 4) is 0 Å². The van der Waals surface area contributed by atoms with E-state index in [1.807, 2.05) is 5.32 Å². The first-order chi connectivity index (χ1) is 16.5. The Morgan fingerprint density at radius 3 is 2.34 bits per heavy atom. The van der Waals surface area contributed by atoms with Gasteiger partial charge in [-0.25, -0.2) is 0 Å². The molecule has 7 nitrogen and oxygen atoms in total. The zero-order chi connectivity index (χ0) is 25.6. The first-order valence-corrected chi connectivity index (χ1v) is 11.9. The summed E-state index contributed by atoms with van der Waals surface area (Å²) in [6.45, 7) is 4.78. The van der Waals surface area contributed by atoms with E-state index in [0.717, 1.165) is 24.5 Å². The average Bonchev–Trinajstić information content (AvgIpc) is 2.81. The van der Waals surface area contributed by atoms with Gasteiger partial charge in [0, 0.05) is 41.5 Å². The number of nitrogens with one attached hydrogen (secondary N) is 2. The summed E-state index contributed by atoms with van der Waals surface area (Å²) >= 11 is 7.44. The van der Waals surface area contributed by atoms with Crippen LogP contribution in [-0.2, 0) is 9.53 Å². The van der Waals surface area contributed by atoms with E-state index in [1.54, 1.807) is 30.3 Å². The minimum absolute atomic E-state index is 0.0117. The molecule has 1 aliphatic rings. The minimum Gasteiger partial charge on any atom is -0.379 e. The second-order valence-electron chi connectivity index (χ2n) is 8.00. The number of nitrogens with zero attached hydrogens (tertiary/aromatic N) is 1. The van der Waals surface area contributed by atoms with E-state index < -0.39 is 17.7 Å². The average molecular weight is 532 g/mol. The van der Waals surface area contributed by atoms with Gasteiger partial charge in [0.2, 0.25) is 5.60 Å². The lowest BCUT2D eigenvalue weighted by atomic mass is 10.1. The van der Waals surface area contributed by atoms with Gasteiger partial charge in [0.15, 0.2) is 0 Å². The number of hydrogen-bond donors (Lipinski definition) is 3. The molecule has 0 aromatic heterocycles. The van der Waals surface area contributed by atoms with Crippen molar-refractivity contribution in [3.05, 3.63) is 53.1 Å². The second-order valence-corrected chi connectivity index (χ2v) is 9.56. The van der Waals surface area contributed by atoms with Crippen LogP contribution in [0.3, 0.4) is 0 Å². The smallest absolute Gasteiger partial charge is 0.379 e. The predicted octanol–water partition coefficient (Wildman–Crippen LogP) is 3.81. The Morgan fingerprint density at radius 2 is 1.74 bits per heavy atom. The van der Waals surface area contributed by atoms with Gasteiger partial charge in [-0.3, -0.25) is 14.5 Å². The molecule has 0 aliphatic carbocycles. The summed E-state index contributed by atoms with van der Waals surface area (Å²) in [5.41, 5.74) is -3.10. The number of carbonyl (C=O) groups is 2. The molecule has 1 fully saturated rings. The van der Waals surface area contributed by atoms with Crippen LogP contribution in [0, 0.1) is 0 Å². The van der Waals surface area contributed by atoms with Crippen molar-refractivity contribution in [2.75, 3.05) is 44.7 Å². The first-order valence-electron chi connectivity index (χ1n) is 10.7. The molecule has 35 heavy (non-hydrogen) atoms. The summed E-state index contributed by atoms with van der Waals surface area (Å²) in [6.07, 6.45) is -5.13. The van der Waals surface area contributed by atoms with Crippen LogP contribution in [0.25, 0.3) is 0 Å². The van der Waals surface area contributed by atoms with E-state index in [4.69, 9.17) is 16.3 Å². The van der Waals surface area contributed by atoms with Crippen molar-refractivity contribution in [2.45, 2.75) is 28.5 Å². The number of alkyl halides is 3. The molecule has 3 N–H and O–H groups in total. The SMILES string of the molecule is C[C@@](O)(C(=O)Nc1ccc(Sc2ccc(C(=O)NCCN3CCOCC3)cc2)cc1Cl)C(F)(F)F. The Morgan fingerprint density at radius 1 is 1.11 bits per heavy atom. The number of morpholine rings is 1. The molecule has 0 saturated carbocycles. The highest BCUT2D eigenvalue weighted by molar-refractivity contribution is 7.99. The highest BCUT2D eigenvalue weighted by Crippen LogP contribution is 2.35. The van der Waals surface area contributed by atoms with Crippen molar-refractivity contribution in [3.63, 3.8) is 0 Å². The number of rotatable bonds is 8. The van der Waals surface area contributed by atoms with Gasteiger partial charge in [-0.15, -0.1) is 0 Å². The number of amides is 2. The van der Waals surface area contributed by atoms with Crippen LogP contribution in [0.1, 0.15) is 17.3 Å². The molecule has 0 bridgehead atoms. The fraction of sp³-hybridized carbons (Fsp3) is 0.391. The molecule has 0 radical (unpaired) electrons. The highest BCUT2D eigenvalue weighted by atomic mass is 35.5. The maximum absolute atomic E-state index is 12.8. The van der Waals surface area contributed by atoms with E-state index in [1.165, 1.54) is 23.9 Å². The molecule has 0 spiro atoms. The third-order valence-corrected chi connectivity index (χ3v) is 6.66. The van der Waals surface area contributed by atoms with Crippen molar-refractivity contribution in [2.24, 2.45) is 0 Å². The number of hydrogen-bond acceptors (Lipinski definition) is 6. The largest absolute Gasteiger partial charge is 0.426 e. The normalized spacial score (nSPS) is 16.4. The number of carbonyl (C=O) groups excluding carboxylic acids is 2. The van der Waals surface area contributed by atoms with Crippen LogP contribution in [0.2, 0.25) is 5.02 Å². The number of aliphatic hydroxyl groups is 1. The summed E-state index contributed by atoms with van der Waals surface area (Å²) in [5.74, 6) is -1.81. The third-order valence-electron chi connectivity index (χ3n) is 5.35. The van der Waals surface area contributed by atoms with Crippen molar-refractivity contribution in [1.29, 1.82) is 0 Å². The summed E-state index contributed by atoms with van der Waals surface area (Å²) in [4.78, 5) is 27.9. The van der Waals surface area contributed by atoms with Gasteiger partial charge in [-0.05, 0) is 49.4 Å². The van der Waals surface area contributed by atoms with Crippen molar-refractivity contribution >= 4 is 40.9 Å². The van der Waals surface area contributed by atoms with Crippen molar-refractivity contribution in [1.82, 2.24) is 10.2 Å². The van der Waals surface area contributed by atoms with E-state index in [2.05, 4.69) is 10.2 Å². The van der Waals surface area contributed by atoms with Crippen LogP contribution in [0.5, 0.6) is 0 Å². The lowest BCUT2D eigenvalue weighted by Crippen LogP contribution is -2.52. The van der Waals surface area contributed by atoms with E-state index >= 15 is 0 Å². The zero-order valence-corrected chi connectivity index (χ0v) is 20.4. The standard InChI is InChI=1S/C23H25ClF3N3O4S/c1-22(33,23(25,26)27)21(32)29-19-7-6-17(14-18(19)24)35-16-4-2-15(3-5-16)20(31)28-8-9-30-10-12-34-13-11-30/h2-7,14,33H,8-13H2,1H3,(H,28,31)(H,29,32)/t22-/m1/s1. The van der Waals surface area contributed by atoms with E-state index in [0.29, 0.717) is 37.1 Å². The molecule has 12 heteroatoms. The molecule has 3 rings (SSSR count). The number of anilines is 1. The first kappa shape index (κ1) is 27.3. The Hall–Kier alpha value is -2.31. The number of ether oxygens (including phenoxy) is 1. The molecule has 1 heterocycles. The summed E-state index contributed by atoms with van der Waals surface area (Å²) in [5, 5.41) is 14.4. The van der Waals surface area contributed by atoms with Gasteiger partial charge in [0.05, 0.1) is 23.9 Å². The quantitative estimate of drug-likeness (QED) is 0.480. The van der Waals surface area contributed by atoms with Crippen molar-refractivity contribution < 1.29 is 32.6 Å². The van der Waals surface area contributed by atoms with Gasteiger partial charge in [0.25, 0.3) is 11.8 Å². The van der Waals surface area contributed by atoms with Gasteiger partial charge in [-0.1, -0.05) is 23.4 Å². The summed E-state index contributed by atoms with van der Waals surface area (Å²) < 4.78 is 43.8. The molecule has 1 aliphatic heterocycles. The number of benzene rings is 2. The van der Waals surface area contributed by atoms with Gasteiger partial charge >= 0.3 is 6.18 Å². The molecule has 190 valence electrons. The Kier molecular flexibility index (Phi) is 9.05. The van der Waals surface area contributed by atoms with Gasteiger partial charge in [0.1, 0.15) is 0 Å². The molecule has 2 amide bonds. The lowest BCUT2D eigenvalue weighted by Gasteiger charge is -2.26. The van der Waals surface area contributed by atoms with Gasteiger partial charge in [-0.2, -0.15) is 13.2 Å². The van der Waals surface area contributed by atoms with Gasteiger partial charge < -0.3 is 20.5 Å². The van der Waals surface area contributed by atoms with E-state index in [9.17, 15) is 27.9 Å². The Bertz CT molecular complexity index is 1050. The molecule has 2 aromatic carbocycles. The molecule has 0 unspecified atom stereocenters. The Balaban J connectivity index is 1.54. The predicted molar refractivity (Wildman–Crippen MR) is 127 cm³/mol. The second kappa shape index (κ2) is 11.6. The fourth-order valence-electron chi connectivity index (χ4n) is 3.10. The third kappa shape index (κ3) is 7.34. The zero-order valence-electron chi connectivity index (χ0n) is 18.8. The molecule has 2 aromatic rings. The number of halogens is 4. The van der Waals surface area contributed by atoms with E-state index in [-0.39, 0.29) is 16.6 Å². The molecule has 1 atom stereocenters. The van der Waals surface area contributed by atoms with Crippen LogP contribution in [0.15, 0.2) is 52.3 Å². The minimum atomic E-state index is -5.13. The van der Waals surface area contributed by atoms with Crippen LogP contribution < -0.4 is 10.6 Å². The van der Waals surface area contributed by atoms with Crippen LogP contribution in [-0.4, -0.2) is 73.0 Å². The Labute approximate surface area is 210 Å². The summed E-state index contributed by atoms with van der Waals surface area (Å²) in [6, 6.07) is 11.3. The topological polar surface area (TPSA) is 90.9 Å². The van der Waals surface area contributed by atoms with Crippen LogP contribution >= 0.6 is 23.4 Å². The maximum Gasteiger partial charge on any atom is 0.426 e. The summed E-state index contributed by atoms with van der Waals surface area (Å²) in [7, 11) is 0. The van der Waals surface area contributed by atoms with Crippen LogP contribution in [0.4, 0.5) is 18.9 Å². The fourth-order valence-corrected chi connectivity index (χ4v) is 4.25. The molecule has 1 saturated heterocycles. The lowest BCUT2D eigenvalue weighted by molar-refractivity contribution is -0.242. The molecular weight excluding hydrogens is 507 g/mol. The molecular formula is C23H25ClF3N3O4S. The highest BCUT2D eigenvalue weighted by Gasteiger charge is 2.55. The maximum atomic E-state index is 12.8. The monoisotopic (exact) mass is 531 g/mol.